The van der Waals surface area contributed by atoms with Gasteiger partial charge in [-0.05, 0) is 18.6 Å². The molecule has 3 heteroatoms. The Morgan fingerprint density at radius 3 is 2.55 bits per heavy atom. The van der Waals surface area contributed by atoms with Gasteiger partial charge in [0.15, 0.2) is 0 Å². The lowest BCUT2D eigenvalue weighted by Crippen LogP contribution is -2.08. The molecule has 1 unspecified atom stereocenters. The van der Waals surface area contributed by atoms with Gasteiger partial charge in [0.25, 0.3) is 0 Å². The SMILES string of the molecule is CCC(CN=O)n1cccc1. The number of hydrogen-bond acceptors (Lipinski definition) is 2. The van der Waals surface area contributed by atoms with Crippen LogP contribution in [-0.4, -0.2) is 11.1 Å². The van der Waals surface area contributed by atoms with E-state index in [1.165, 1.54) is 0 Å². The minimum absolute atomic E-state index is 0.238. The molecule has 0 radical (unpaired) electrons. The third-order valence-electron chi connectivity index (χ3n) is 1.81. The van der Waals surface area contributed by atoms with E-state index in [4.69, 9.17) is 0 Å². The van der Waals surface area contributed by atoms with Crippen molar-refractivity contribution in [3.63, 3.8) is 0 Å². The van der Waals surface area contributed by atoms with Crippen LogP contribution in [0.1, 0.15) is 19.4 Å². The summed E-state index contributed by atoms with van der Waals surface area (Å²) in [5.41, 5.74) is 0. The van der Waals surface area contributed by atoms with Gasteiger partial charge in [0.05, 0.1) is 6.04 Å². The summed E-state index contributed by atoms with van der Waals surface area (Å²) in [5, 5.41) is 2.89. The lowest BCUT2D eigenvalue weighted by Gasteiger charge is -2.11. The van der Waals surface area contributed by atoms with Gasteiger partial charge in [0.1, 0.15) is 6.54 Å². The maximum absolute atomic E-state index is 10.0. The van der Waals surface area contributed by atoms with Gasteiger partial charge < -0.3 is 4.57 Å². The van der Waals surface area contributed by atoms with Crippen molar-refractivity contribution < 1.29 is 0 Å². The van der Waals surface area contributed by atoms with Crippen LogP contribution in [0.2, 0.25) is 0 Å². The Kier molecular flexibility index (Phi) is 2.83. The number of nitroso groups, excluding NO2 is 1. The molecule has 1 aromatic heterocycles. The Bertz CT molecular complexity index is 206. The average molecular weight is 152 g/mol. The van der Waals surface area contributed by atoms with E-state index in [2.05, 4.69) is 12.1 Å². The van der Waals surface area contributed by atoms with Crippen LogP contribution in [0.25, 0.3) is 0 Å². The van der Waals surface area contributed by atoms with Crippen LogP contribution in [0.15, 0.2) is 29.7 Å². The fourth-order valence-electron chi connectivity index (χ4n) is 1.11. The van der Waals surface area contributed by atoms with E-state index in [9.17, 15) is 4.91 Å². The zero-order valence-corrected chi connectivity index (χ0v) is 6.60. The van der Waals surface area contributed by atoms with Crippen molar-refractivity contribution in [2.24, 2.45) is 5.18 Å². The smallest absolute Gasteiger partial charge is 0.102 e. The minimum Gasteiger partial charge on any atom is -0.349 e. The quantitative estimate of drug-likeness (QED) is 0.609. The van der Waals surface area contributed by atoms with Gasteiger partial charge in [-0.25, -0.2) is 0 Å². The predicted octanol–water partition coefficient (Wildman–Crippen LogP) is 2.21. The molecular weight excluding hydrogens is 140 g/mol. The summed E-state index contributed by atoms with van der Waals surface area (Å²) in [5.74, 6) is 0. The van der Waals surface area contributed by atoms with Crippen molar-refractivity contribution in [3.05, 3.63) is 29.4 Å². The van der Waals surface area contributed by atoms with Crippen molar-refractivity contribution in [3.8, 4) is 0 Å². The third-order valence-corrected chi connectivity index (χ3v) is 1.81. The first-order valence-electron chi connectivity index (χ1n) is 3.80. The summed E-state index contributed by atoms with van der Waals surface area (Å²) in [6.07, 6.45) is 4.86. The van der Waals surface area contributed by atoms with Crippen molar-refractivity contribution >= 4 is 0 Å². The molecule has 0 amide bonds. The maximum atomic E-state index is 10.0. The lowest BCUT2D eigenvalue weighted by molar-refractivity contribution is 0.498. The molecule has 0 saturated heterocycles. The minimum atomic E-state index is 0.238. The largest absolute Gasteiger partial charge is 0.349 e. The van der Waals surface area contributed by atoms with E-state index >= 15 is 0 Å². The summed E-state index contributed by atoms with van der Waals surface area (Å²) in [6, 6.07) is 4.14. The highest BCUT2D eigenvalue weighted by atomic mass is 16.3. The molecule has 1 aromatic rings. The number of hydrogen-bond donors (Lipinski definition) is 0. The van der Waals surface area contributed by atoms with E-state index < -0.39 is 0 Å². The van der Waals surface area contributed by atoms with Crippen LogP contribution in [0.5, 0.6) is 0 Å². The van der Waals surface area contributed by atoms with Crippen molar-refractivity contribution in [2.45, 2.75) is 19.4 Å². The van der Waals surface area contributed by atoms with E-state index in [-0.39, 0.29) is 6.04 Å². The molecule has 1 rings (SSSR count). The van der Waals surface area contributed by atoms with Crippen LogP contribution >= 0.6 is 0 Å². The molecule has 11 heavy (non-hydrogen) atoms. The summed E-state index contributed by atoms with van der Waals surface area (Å²) in [6.45, 7) is 2.42. The topological polar surface area (TPSA) is 34.4 Å². The van der Waals surface area contributed by atoms with Crippen molar-refractivity contribution in [1.29, 1.82) is 0 Å². The summed E-state index contributed by atoms with van der Waals surface area (Å²) in [4.78, 5) is 10.0. The summed E-state index contributed by atoms with van der Waals surface area (Å²) < 4.78 is 2.02. The molecule has 0 bridgehead atoms. The zero-order valence-electron chi connectivity index (χ0n) is 6.60. The molecule has 0 aliphatic heterocycles. The summed E-state index contributed by atoms with van der Waals surface area (Å²) in [7, 11) is 0. The maximum Gasteiger partial charge on any atom is 0.102 e. The first kappa shape index (κ1) is 7.98. The number of rotatable bonds is 4. The van der Waals surface area contributed by atoms with E-state index in [0.717, 1.165) is 6.42 Å². The van der Waals surface area contributed by atoms with Gasteiger partial charge in [0.2, 0.25) is 0 Å². The predicted molar refractivity (Wildman–Crippen MR) is 44.4 cm³/mol. The molecule has 0 aliphatic rings. The zero-order chi connectivity index (χ0) is 8.10. The number of aromatic nitrogens is 1. The first-order chi connectivity index (χ1) is 5.38. The Hall–Kier alpha value is -1.12. The second kappa shape index (κ2) is 3.91. The molecule has 1 atom stereocenters. The van der Waals surface area contributed by atoms with Gasteiger partial charge in [-0.2, -0.15) is 4.91 Å². The highest BCUT2D eigenvalue weighted by molar-refractivity contribution is 4.93. The standard InChI is InChI=1S/C8H12N2O/c1-2-8(7-9-11)10-5-3-4-6-10/h3-6,8H,2,7H2,1H3. The lowest BCUT2D eigenvalue weighted by atomic mass is 10.2. The summed E-state index contributed by atoms with van der Waals surface area (Å²) >= 11 is 0. The Labute approximate surface area is 66.0 Å². The third kappa shape index (κ3) is 1.90. The van der Waals surface area contributed by atoms with Crippen LogP contribution < -0.4 is 0 Å². The fraction of sp³-hybridized carbons (Fsp3) is 0.500. The second-order valence-electron chi connectivity index (χ2n) is 2.50. The van der Waals surface area contributed by atoms with Crippen LogP contribution in [-0.2, 0) is 0 Å². The molecule has 0 spiro atoms. The van der Waals surface area contributed by atoms with E-state index in [0.29, 0.717) is 6.54 Å². The van der Waals surface area contributed by atoms with Crippen LogP contribution in [0.3, 0.4) is 0 Å². The van der Waals surface area contributed by atoms with Gasteiger partial charge in [0, 0.05) is 12.4 Å². The van der Waals surface area contributed by atoms with Crippen LogP contribution in [0.4, 0.5) is 0 Å². The monoisotopic (exact) mass is 152 g/mol. The highest BCUT2D eigenvalue weighted by Gasteiger charge is 2.05. The molecule has 0 aromatic carbocycles. The molecule has 3 nitrogen and oxygen atoms in total. The molecule has 0 aliphatic carbocycles. The molecule has 1 heterocycles. The van der Waals surface area contributed by atoms with Gasteiger partial charge in [-0.15, -0.1) is 0 Å². The second-order valence-corrected chi connectivity index (χ2v) is 2.50. The molecule has 0 saturated carbocycles. The average Bonchev–Trinajstić information content (AvgIpc) is 2.52. The van der Waals surface area contributed by atoms with Gasteiger partial charge in [-0.3, -0.25) is 0 Å². The van der Waals surface area contributed by atoms with E-state index in [1.807, 2.05) is 29.1 Å². The Morgan fingerprint density at radius 2 is 2.09 bits per heavy atom. The van der Waals surface area contributed by atoms with Crippen LogP contribution in [0, 0.1) is 4.91 Å². The fourth-order valence-corrected chi connectivity index (χ4v) is 1.11. The molecule has 0 N–H and O–H groups in total. The number of nitrogens with zero attached hydrogens (tertiary/aromatic N) is 2. The van der Waals surface area contributed by atoms with Crippen molar-refractivity contribution in [1.82, 2.24) is 4.57 Å². The Morgan fingerprint density at radius 1 is 1.45 bits per heavy atom. The normalized spacial score (nSPS) is 12.8. The highest BCUT2D eigenvalue weighted by Crippen LogP contribution is 2.10. The van der Waals surface area contributed by atoms with Gasteiger partial charge >= 0.3 is 0 Å². The molecule has 0 fully saturated rings. The molecule has 60 valence electrons. The first-order valence-corrected chi connectivity index (χ1v) is 3.80. The molecular formula is C8H12N2O. The Balaban J connectivity index is 2.62. The van der Waals surface area contributed by atoms with Gasteiger partial charge in [-0.1, -0.05) is 12.1 Å². The van der Waals surface area contributed by atoms with E-state index in [1.54, 1.807) is 0 Å². The van der Waals surface area contributed by atoms with Crippen molar-refractivity contribution in [2.75, 3.05) is 6.54 Å².